The zero-order valence-electron chi connectivity index (χ0n) is 9.39. The molecule has 3 rings (SSSR count). The molecule has 3 heteroatoms. The molecule has 2 nitrogen and oxygen atoms in total. The Kier molecular flexibility index (Phi) is 2.66. The van der Waals surface area contributed by atoms with Gasteiger partial charge >= 0.3 is 0 Å². The summed E-state index contributed by atoms with van der Waals surface area (Å²) >= 11 is 1.76. The van der Waals surface area contributed by atoms with E-state index >= 15 is 0 Å². The summed E-state index contributed by atoms with van der Waals surface area (Å²) in [6, 6.07) is 9.76. The molecule has 0 amide bonds. The zero-order chi connectivity index (χ0) is 11.7. The van der Waals surface area contributed by atoms with Gasteiger partial charge in [0.1, 0.15) is 0 Å². The van der Waals surface area contributed by atoms with Crippen LogP contribution >= 0.6 is 11.3 Å². The number of hydrogen-bond acceptors (Lipinski definition) is 3. The van der Waals surface area contributed by atoms with Crippen LogP contribution in [0.5, 0.6) is 0 Å². The minimum atomic E-state index is 0.697. The average molecular weight is 240 g/mol. The van der Waals surface area contributed by atoms with Crippen LogP contribution in [-0.2, 0) is 0 Å². The van der Waals surface area contributed by atoms with E-state index in [1.165, 1.54) is 24.3 Å². The highest BCUT2D eigenvalue weighted by Gasteiger charge is 2.22. The lowest BCUT2D eigenvalue weighted by molar-refractivity contribution is 0.418. The topological polar surface area (TPSA) is 36.7 Å². The Morgan fingerprint density at radius 1 is 1.24 bits per heavy atom. The van der Waals surface area contributed by atoms with Gasteiger partial charge in [-0.3, -0.25) is 0 Å². The quantitative estimate of drug-likeness (QED) is 0.797. The molecular weight excluding hydrogens is 228 g/mol. The van der Waals surface area contributed by atoms with Gasteiger partial charge in [0, 0.05) is 16.9 Å². The highest BCUT2D eigenvalue weighted by molar-refractivity contribution is 7.10. The Balaban J connectivity index is 1.87. The van der Waals surface area contributed by atoms with Crippen molar-refractivity contribution < 1.29 is 0 Å². The lowest BCUT2D eigenvalue weighted by Crippen LogP contribution is -2.07. The van der Waals surface area contributed by atoms with Crippen molar-refractivity contribution in [1.82, 2.24) is 4.98 Å². The standard InChI is InChI=1S/C14H12N2S/c15-8-10-4-6-11(7-5-10)13-9-17-14(16-13)12-2-1-3-12/h4-7,9,12H,1-3H2. The van der Waals surface area contributed by atoms with E-state index in [1.54, 1.807) is 11.3 Å². The first kappa shape index (κ1) is 10.5. The molecule has 0 atom stereocenters. The summed E-state index contributed by atoms with van der Waals surface area (Å²) < 4.78 is 0. The van der Waals surface area contributed by atoms with Gasteiger partial charge in [0.05, 0.1) is 22.3 Å². The number of thiazole rings is 1. The van der Waals surface area contributed by atoms with Crippen molar-refractivity contribution in [3.05, 3.63) is 40.2 Å². The van der Waals surface area contributed by atoms with E-state index in [1.807, 2.05) is 24.3 Å². The monoisotopic (exact) mass is 240 g/mol. The average Bonchev–Trinajstić information content (AvgIpc) is 2.76. The summed E-state index contributed by atoms with van der Waals surface area (Å²) in [4.78, 5) is 4.69. The molecule has 1 aromatic heterocycles. The fourth-order valence-corrected chi connectivity index (χ4v) is 2.98. The first-order valence-corrected chi connectivity index (χ1v) is 6.71. The lowest BCUT2D eigenvalue weighted by atomic mass is 9.86. The highest BCUT2D eigenvalue weighted by atomic mass is 32.1. The van der Waals surface area contributed by atoms with E-state index in [4.69, 9.17) is 10.2 Å². The molecule has 1 heterocycles. The van der Waals surface area contributed by atoms with Gasteiger partial charge in [-0.25, -0.2) is 4.98 Å². The number of aromatic nitrogens is 1. The number of nitrogens with zero attached hydrogens (tertiary/aromatic N) is 2. The van der Waals surface area contributed by atoms with Gasteiger partial charge in [-0.15, -0.1) is 11.3 Å². The minimum Gasteiger partial charge on any atom is -0.241 e. The molecule has 1 aliphatic carbocycles. The third-order valence-electron chi connectivity index (χ3n) is 3.29. The van der Waals surface area contributed by atoms with Crippen LogP contribution in [0.15, 0.2) is 29.6 Å². The third-order valence-corrected chi connectivity index (χ3v) is 4.29. The minimum absolute atomic E-state index is 0.697. The summed E-state index contributed by atoms with van der Waals surface area (Å²) in [6.45, 7) is 0. The second-order valence-corrected chi connectivity index (χ2v) is 5.28. The molecule has 0 radical (unpaired) electrons. The number of nitriles is 1. The lowest BCUT2D eigenvalue weighted by Gasteiger charge is -2.22. The molecule has 0 N–H and O–H groups in total. The first-order chi connectivity index (χ1) is 8.36. The van der Waals surface area contributed by atoms with Crippen molar-refractivity contribution in [2.24, 2.45) is 0 Å². The number of rotatable bonds is 2. The van der Waals surface area contributed by atoms with Crippen LogP contribution in [0.1, 0.15) is 35.8 Å². The maximum absolute atomic E-state index is 8.75. The molecular formula is C14H12N2S. The molecule has 0 aliphatic heterocycles. The van der Waals surface area contributed by atoms with Gasteiger partial charge in [0.15, 0.2) is 0 Å². The molecule has 0 saturated heterocycles. The summed E-state index contributed by atoms with van der Waals surface area (Å²) in [5, 5.41) is 12.1. The highest BCUT2D eigenvalue weighted by Crippen LogP contribution is 2.39. The van der Waals surface area contributed by atoms with E-state index in [-0.39, 0.29) is 0 Å². The maximum Gasteiger partial charge on any atom is 0.0991 e. The molecule has 1 aromatic carbocycles. The van der Waals surface area contributed by atoms with Crippen LogP contribution < -0.4 is 0 Å². The fourth-order valence-electron chi connectivity index (χ4n) is 1.98. The molecule has 1 fully saturated rings. The van der Waals surface area contributed by atoms with Gasteiger partial charge in [-0.2, -0.15) is 5.26 Å². The van der Waals surface area contributed by atoms with E-state index in [0.29, 0.717) is 11.5 Å². The normalized spacial score (nSPS) is 15.2. The molecule has 0 spiro atoms. The maximum atomic E-state index is 8.75. The number of hydrogen-bond donors (Lipinski definition) is 0. The second kappa shape index (κ2) is 4.31. The third kappa shape index (κ3) is 1.96. The predicted molar refractivity (Wildman–Crippen MR) is 68.9 cm³/mol. The van der Waals surface area contributed by atoms with Crippen LogP contribution in [0.4, 0.5) is 0 Å². The summed E-state index contributed by atoms with van der Waals surface area (Å²) in [7, 11) is 0. The summed E-state index contributed by atoms with van der Waals surface area (Å²) in [6.07, 6.45) is 3.93. The largest absolute Gasteiger partial charge is 0.241 e. The van der Waals surface area contributed by atoms with Gasteiger partial charge in [0.2, 0.25) is 0 Å². The van der Waals surface area contributed by atoms with Crippen molar-refractivity contribution in [2.75, 3.05) is 0 Å². The molecule has 2 aromatic rings. The van der Waals surface area contributed by atoms with E-state index in [9.17, 15) is 0 Å². The number of benzene rings is 1. The van der Waals surface area contributed by atoms with Gasteiger partial charge in [-0.1, -0.05) is 18.6 Å². The van der Waals surface area contributed by atoms with Crippen LogP contribution in [0, 0.1) is 11.3 Å². The van der Waals surface area contributed by atoms with Crippen molar-refractivity contribution in [3.63, 3.8) is 0 Å². The van der Waals surface area contributed by atoms with Crippen molar-refractivity contribution in [1.29, 1.82) is 5.26 Å². The van der Waals surface area contributed by atoms with Crippen LogP contribution in [0.3, 0.4) is 0 Å². The first-order valence-electron chi connectivity index (χ1n) is 5.83. The van der Waals surface area contributed by atoms with Crippen molar-refractivity contribution in [2.45, 2.75) is 25.2 Å². The van der Waals surface area contributed by atoms with Crippen LogP contribution in [0.25, 0.3) is 11.3 Å². The predicted octanol–water partition coefficient (Wildman–Crippen LogP) is 3.95. The Morgan fingerprint density at radius 2 is 2.00 bits per heavy atom. The fraction of sp³-hybridized carbons (Fsp3) is 0.286. The molecule has 0 bridgehead atoms. The van der Waals surface area contributed by atoms with E-state index in [0.717, 1.165) is 11.3 Å². The Morgan fingerprint density at radius 3 is 2.59 bits per heavy atom. The van der Waals surface area contributed by atoms with Crippen LogP contribution in [0.2, 0.25) is 0 Å². The zero-order valence-corrected chi connectivity index (χ0v) is 10.2. The molecule has 17 heavy (non-hydrogen) atoms. The Bertz CT molecular complexity index is 559. The van der Waals surface area contributed by atoms with Crippen molar-refractivity contribution in [3.8, 4) is 17.3 Å². The Labute approximate surface area is 105 Å². The molecule has 84 valence electrons. The second-order valence-electron chi connectivity index (χ2n) is 4.39. The van der Waals surface area contributed by atoms with Crippen molar-refractivity contribution >= 4 is 11.3 Å². The molecule has 0 unspecified atom stereocenters. The van der Waals surface area contributed by atoms with Gasteiger partial charge < -0.3 is 0 Å². The van der Waals surface area contributed by atoms with Crippen LogP contribution in [-0.4, -0.2) is 4.98 Å². The smallest absolute Gasteiger partial charge is 0.0991 e. The summed E-state index contributed by atoms with van der Waals surface area (Å²) in [5.41, 5.74) is 2.84. The summed E-state index contributed by atoms with van der Waals surface area (Å²) in [5.74, 6) is 0.701. The molecule has 1 aliphatic rings. The van der Waals surface area contributed by atoms with Gasteiger partial charge in [0.25, 0.3) is 0 Å². The van der Waals surface area contributed by atoms with Gasteiger partial charge in [-0.05, 0) is 25.0 Å². The van der Waals surface area contributed by atoms with E-state index in [2.05, 4.69) is 11.4 Å². The van der Waals surface area contributed by atoms with E-state index < -0.39 is 0 Å². The SMILES string of the molecule is N#Cc1ccc(-c2csc(C3CCC3)n2)cc1. The Hall–Kier alpha value is -1.66. The molecule has 1 saturated carbocycles.